The molecule has 0 aromatic heterocycles. The maximum Gasteiger partial charge on any atom is 0.267 e. The van der Waals surface area contributed by atoms with Crippen molar-refractivity contribution < 1.29 is 14.3 Å². The molecule has 5 nitrogen and oxygen atoms in total. The lowest BCUT2D eigenvalue weighted by Crippen LogP contribution is -2.28. The number of nitrogens with zero attached hydrogens (tertiary/aromatic N) is 2. The molecule has 0 spiro atoms. The van der Waals surface area contributed by atoms with Gasteiger partial charge in [-0.25, -0.2) is 0 Å². The van der Waals surface area contributed by atoms with E-state index in [-0.39, 0.29) is 12.5 Å². The minimum absolute atomic E-state index is 0.0825. The molecule has 1 aliphatic rings. The summed E-state index contributed by atoms with van der Waals surface area (Å²) in [4.78, 5) is 20.6. The summed E-state index contributed by atoms with van der Waals surface area (Å²) < 4.78 is 12.1. The summed E-state index contributed by atoms with van der Waals surface area (Å²) in [6.45, 7) is 0.995. The van der Waals surface area contributed by atoms with Gasteiger partial charge >= 0.3 is 0 Å². The largest absolute Gasteiger partial charge is 0.493 e. The minimum Gasteiger partial charge on any atom is -0.493 e. The number of aliphatic imine (C=N–C) groups is 1. The van der Waals surface area contributed by atoms with E-state index < -0.39 is 0 Å². The van der Waals surface area contributed by atoms with Crippen molar-refractivity contribution in [2.75, 3.05) is 13.7 Å². The number of amidine groups is 1. The summed E-state index contributed by atoms with van der Waals surface area (Å²) in [5, 5.41) is 0.655. The smallest absolute Gasteiger partial charge is 0.267 e. The van der Waals surface area contributed by atoms with Gasteiger partial charge in [0.15, 0.2) is 16.7 Å². The van der Waals surface area contributed by atoms with E-state index in [9.17, 15) is 4.79 Å². The van der Waals surface area contributed by atoms with Crippen LogP contribution in [0.2, 0.25) is 0 Å². The molecular weight excluding hydrogens is 524 g/mol. The summed E-state index contributed by atoms with van der Waals surface area (Å²) in [7, 11) is 1.56. The van der Waals surface area contributed by atoms with Crippen LogP contribution in [0.3, 0.4) is 0 Å². The van der Waals surface area contributed by atoms with Crippen molar-refractivity contribution in [2.45, 2.75) is 13.1 Å². The number of rotatable bonds is 8. The van der Waals surface area contributed by atoms with Gasteiger partial charge in [-0.3, -0.25) is 14.7 Å². The highest BCUT2D eigenvalue weighted by atomic mass is 79.9. The van der Waals surface area contributed by atoms with Crippen LogP contribution in [0, 0.1) is 12.3 Å². The third-order valence-corrected chi connectivity index (χ3v) is 6.67. The highest BCUT2D eigenvalue weighted by Crippen LogP contribution is 2.40. The molecule has 1 fully saturated rings. The van der Waals surface area contributed by atoms with Crippen molar-refractivity contribution in [2.24, 2.45) is 4.99 Å². The Balaban J connectivity index is 1.71. The lowest BCUT2D eigenvalue weighted by molar-refractivity contribution is -0.122. The molecule has 0 N–H and O–H groups in total. The lowest BCUT2D eigenvalue weighted by Gasteiger charge is -2.16. The number of benzene rings is 3. The summed E-state index contributed by atoms with van der Waals surface area (Å²) in [6, 6.07) is 23.5. The molecule has 0 unspecified atom stereocenters. The number of hydrogen-bond donors (Lipinski definition) is 0. The number of terminal acetylenes is 1. The average molecular weight is 547 g/mol. The van der Waals surface area contributed by atoms with Gasteiger partial charge in [0, 0.05) is 10.0 Å². The number of ether oxygens (including phenoxy) is 2. The van der Waals surface area contributed by atoms with E-state index >= 15 is 0 Å². The molecule has 1 saturated heterocycles. The molecular formula is C28H23BrN2O3S. The first-order chi connectivity index (χ1) is 17.1. The predicted octanol–water partition coefficient (Wildman–Crippen LogP) is 6.14. The zero-order valence-electron chi connectivity index (χ0n) is 19.1. The van der Waals surface area contributed by atoms with Crippen molar-refractivity contribution in [3.8, 4) is 23.8 Å². The summed E-state index contributed by atoms with van der Waals surface area (Å²) >= 11 is 4.86. The van der Waals surface area contributed by atoms with Gasteiger partial charge in [-0.05, 0) is 41.1 Å². The predicted molar refractivity (Wildman–Crippen MR) is 145 cm³/mol. The molecule has 0 saturated carbocycles. The van der Waals surface area contributed by atoms with Crippen LogP contribution < -0.4 is 9.47 Å². The Morgan fingerprint density at radius 3 is 2.43 bits per heavy atom. The zero-order chi connectivity index (χ0) is 24.6. The molecule has 0 bridgehead atoms. The second-order valence-corrected chi connectivity index (χ2v) is 9.52. The Bertz CT molecular complexity index is 1300. The van der Waals surface area contributed by atoms with Crippen LogP contribution in [0.5, 0.6) is 11.5 Å². The topological polar surface area (TPSA) is 51.1 Å². The number of thioether (sulfide) groups is 1. The van der Waals surface area contributed by atoms with Gasteiger partial charge in [0.2, 0.25) is 0 Å². The van der Waals surface area contributed by atoms with E-state index in [2.05, 4.69) is 21.9 Å². The van der Waals surface area contributed by atoms with Gasteiger partial charge in [0.1, 0.15) is 6.61 Å². The molecule has 4 rings (SSSR count). The quantitative estimate of drug-likeness (QED) is 0.251. The van der Waals surface area contributed by atoms with E-state index in [1.54, 1.807) is 24.2 Å². The molecule has 0 radical (unpaired) electrons. The molecule has 176 valence electrons. The average Bonchev–Trinajstić information content (AvgIpc) is 3.17. The zero-order valence-corrected chi connectivity index (χ0v) is 21.5. The first kappa shape index (κ1) is 24.6. The van der Waals surface area contributed by atoms with E-state index in [1.165, 1.54) is 11.8 Å². The Morgan fingerprint density at radius 2 is 1.77 bits per heavy atom. The number of methoxy groups -OCH3 is 1. The molecule has 3 aromatic rings. The number of halogens is 1. The molecule has 1 aliphatic heterocycles. The first-order valence-corrected chi connectivity index (χ1v) is 12.5. The van der Waals surface area contributed by atoms with Crippen LogP contribution in [-0.4, -0.2) is 29.7 Å². The fourth-order valence-electron chi connectivity index (χ4n) is 3.53. The number of carbonyl (C=O) groups excluding carboxylic acids is 1. The third-order valence-electron chi connectivity index (χ3n) is 5.17. The van der Waals surface area contributed by atoms with E-state index in [1.807, 2.05) is 66.7 Å². The highest BCUT2D eigenvalue weighted by molar-refractivity contribution is 9.10. The van der Waals surface area contributed by atoms with E-state index in [0.717, 1.165) is 15.6 Å². The Labute approximate surface area is 218 Å². The van der Waals surface area contributed by atoms with Crippen LogP contribution in [0.1, 0.15) is 16.7 Å². The van der Waals surface area contributed by atoms with Gasteiger partial charge in [0.25, 0.3) is 5.91 Å². The fraction of sp³-hybridized carbons (Fsp3) is 0.143. The third kappa shape index (κ3) is 6.16. The van der Waals surface area contributed by atoms with Crippen molar-refractivity contribution in [1.29, 1.82) is 0 Å². The SMILES string of the molecule is C#CCOc1c(C=C2SC(=NCc3ccccc3)N(Cc3ccccc3)C2=O)cc(Br)cc1OC. The highest BCUT2D eigenvalue weighted by Gasteiger charge is 2.33. The molecule has 1 amide bonds. The molecule has 0 aliphatic carbocycles. The van der Waals surface area contributed by atoms with Crippen molar-refractivity contribution in [1.82, 2.24) is 4.90 Å². The summed E-state index contributed by atoms with van der Waals surface area (Å²) in [6.07, 6.45) is 7.20. The van der Waals surface area contributed by atoms with Crippen molar-refractivity contribution in [3.05, 3.63) is 98.9 Å². The van der Waals surface area contributed by atoms with Crippen molar-refractivity contribution >= 4 is 44.8 Å². The van der Waals surface area contributed by atoms with Gasteiger partial charge in [0.05, 0.1) is 25.1 Å². The Hall–Kier alpha value is -3.47. The summed E-state index contributed by atoms with van der Waals surface area (Å²) in [5.41, 5.74) is 2.79. The van der Waals surface area contributed by atoms with Gasteiger partial charge in [-0.2, -0.15) is 0 Å². The minimum atomic E-state index is -0.118. The second-order valence-electron chi connectivity index (χ2n) is 7.59. The first-order valence-electron chi connectivity index (χ1n) is 10.9. The van der Waals surface area contributed by atoms with Crippen LogP contribution in [0.4, 0.5) is 0 Å². The monoisotopic (exact) mass is 546 g/mol. The molecule has 1 heterocycles. The normalized spacial score (nSPS) is 15.5. The molecule has 0 atom stereocenters. The van der Waals surface area contributed by atoms with Gasteiger partial charge in [-0.15, -0.1) is 6.42 Å². The van der Waals surface area contributed by atoms with Crippen LogP contribution in [0.15, 0.2) is 87.2 Å². The van der Waals surface area contributed by atoms with Crippen LogP contribution in [-0.2, 0) is 17.9 Å². The van der Waals surface area contributed by atoms with E-state index in [0.29, 0.717) is 40.2 Å². The van der Waals surface area contributed by atoms with Gasteiger partial charge < -0.3 is 9.47 Å². The van der Waals surface area contributed by atoms with Crippen molar-refractivity contribution in [3.63, 3.8) is 0 Å². The maximum absolute atomic E-state index is 13.5. The number of carbonyl (C=O) groups is 1. The number of hydrogen-bond acceptors (Lipinski definition) is 5. The Morgan fingerprint density at radius 1 is 1.09 bits per heavy atom. The van der Waals surface area contributed by atoms with E-state index in [4.69, 9.17) is 20.9 Å². The number of amides is 1. The summed E-state index contributed by atoms with van der Waals surface area (Å²) in [5.74, 6) is 3.37. The second kappa shape index (κ2) is 11.8. The standard InChI is InChI=1S/C28H23BrN2O3S/c1-3-14-34-26-22(15-23(29)17-24(26)33-2)16-25-27(32)31(19-21-12-8-5-9-13-21)28(35-25)30-18-20-10-6-4-7-11-20/h1,4-13,15-17H,14,18-19H2,2H3. The fourth-order valence-corrected chi connectivity index (χ4v) is 4.95. The maximum atomic E-state index is 13.5. The van der Waals surface area contributed by atoms with Crippen LogP contribution >= 0.6 is 27.7 Å². The molecule has 3 aromatic carbocycles. The lowest BCUT2D eigenvalue weighted by atomic mass is 10.1. The molecule has 7 heteroatoms. The molecule has 35 heavy (non-hydrogen) atoms. The Kier molecular flexibility index (Phi) is 8.30. The van der Waals surface area contributed by atoms with Gasteiger partial charge in [-0.1, -0.05) is 82.5 Å². The van der Waals surface area contributed by atoms with Crippen LogP contribution in [0.25, 0.3) is 6.08 Å².